The number of nitrogens with one attached hydrogen (secondary N) is 1. The average molecular weight is 305 g/mol. The molecule has 0 amide bonds. The molecule has 6 heteroatoms. The summed E-state index contributed by atoms with van der Waals surface area (Å²) in [4.78, 5) is 0. The van der Waals surface area contributed by atoms with Crippen molar-refractivity contribution in [2.24, 2.45) is 0 Å². The van der Waals surface area contributed by atoms with Crippen LogP contribution in [0.15, 0.2) is 18.2 Å². The van der Waals surface area contributed by atoms with Crippen LogP contribution in [0, 0.1) is 11.6 Å². The Bertz CT molecular complexity index is 546. The molecule has 1 rings (SSSR count). The summed E-state index contributed by atoms with van der Waals surface area (Å²) in [6.07, 6.45) is 1.88. The molecule has 20 heavy (non-hydrogen) atoms. The molecule has 0 radical (unpaired) electrons. The van der Waals surface area contributed by atoms with Gasteiger partial charge in [-0.05, 0) is 37.5 Å². The van der Waals surface area contributed by atoms with E-state index in [1.54, 1.807) is 6.92 Å². The lowest BCUT2D eigenvalue weighted by Crippen LogP contribution is -2.35. The third-order valence-electron chi connectivity index (χ3n) is 3.29. The Kier molecular flexibility index (Phi) is 6.07. The lowest BCUT2D eigenvalue weighted by molar-refractivity contribution is 0.503. The van der Waals surface area contributed by atoms with Gasteiger partial charge in [-0.2, -0.15) is 0 Å². The molecule has 114 valence electrons. The van der Waals surface area contributed by atoms with Gasteiger partial charge in [-0.15, -0.1) is 0 Å². The van der Waals surface area contributed by atoms with E-state index in [0.29, 0.717) is 18.4 Å². The van der Waals surface area contributed by atoms with Crippen molar-refractivity contribution in [3.63, 3.8) is 0 Å². The first-order valence-corrected chi connectivity index (χ1v) is 8.32. The summed E-state index contributed by atoms with van der Waals surface area (Å²) < 4.78 is 53.0. The molecule has 1 aromatic rings. The third-order valence-corrected chi connectivity index (χ3v) is 5.42. The molecule has 0 aliphatic heterocycles. The summed E-state index contributed by atoms with van der Waals surface area (Å²) in [5.74, 6) is -1.92. The van der Waals surface area contributed by atoms with Crippen LogP contribution in [0.1, 0.15) is 51.6 Å². The topological polar surface area (TPSA) is 46.2 Å². The average Bonchev–Trinajstić information content (AvgIpc) is 2.38. The lowest BCUT2D eigenvalue weighted by atomic mass is 10.1. The van der Waals surface area contributed by atoms with Gasteiger partial charge in [0.25, 0.3) is 0 Å². The van der Waals surface area contributed by atoms with Gasteiger partial charge < -0.3 is 0 Å². The van der Waals surface area contributed by atoms with Crippen LogP contribution in [0.3, 0.4) is 0 Å². The zero-order chi connectivity index (χ0) is 15.3. The Morgan fingerprint density at radius 3 is 2.35 bits per heavy atom. The monoisotopic (exact) mass is 305 g/mol. The molecule has 0 unspecified atom stereocenters. The molecule has 0 aliphatic rings. The van der Waals surface area contributed by atoms with Crippen LogP contribution < -0.4 is 4.72 Å². The minimum Gasteiger partial charge on any atom is -0.212 e. The molecule has 1 N–H and O–H groups in total. The maximum atomic E-state index is 13.2. The van der Waals surface area contributed by atoms with E-state index in [1.807, 2.05) is 13.8 Å². The molecular weight excluding hydrogens is 284 g/mol. The van der Waals surface area contributed by atoms with E-state index in [9.17, 15) is 17.2 Å². The molecule has 0 aromatic heterocycles. The molecule has 0 saturated carbocycles. The molecule has 0 aliphatic carbocycles. The van der Waals surface area contributed by atoms with Gasteiger partial charge in [-0.3, -0.25) is 0 Å². The first-order chi connectivity index (χ1) is 9.31. The molecule has 0 fully saturated rings. The van der Waals surface area contributed by atoms with Gasteiger partial charge >= 0.3 is 0 Å². The van der Waals surface area contributed by atoms with Crippen molar-refractivity contribution >= 4 is 10.0 Å². The van der Waals surface area contributed by atoms with Crippen molar-refractivity contribution in [2.75, 3.05) is 0 Å². The van der Waals surface area contributed by atoms with Crippen LogP contribution in [0.25, 0.3) is 0 Å². The van der Waals surface area contributed by atoms with Crippen molar-refractivity contribution in [3.8, 4) is 0 Å². The first-order valence-electron chi connectivity index (χ1n) is 6.77. The second-order valence-corrected chi connectivity index (χ2v) is 6.87. The standard InChI is InChI=1S/C14H21F2NO2S/c1-4-6-12(5-2)20(18,19)17-10(3)11-7-8-13(15)14(16)9-11/h7-10,12,17H,4-6H2,1-3H3/t10-,12+/m0/s1. The van der Waals surface area contributed by atoms with Crippen molar-refractivity contribution < 1.29 is 17.2 Å². The number of hydrogen-bond acceptors (Lipinski definition) is 2. The molecular formula is C14H21F2NO2S. The van der Waals surface area contributed by atoms with Crippen molar-refractivity contribution in [3.05, 3.63) is 35.4 Å². The normalized spacial score (nSPS) is 15.1. The highest BCUT2D eigenvalue weighted by Gasteiger charge is 2.25. The number of sulfonamides is 1. The van der Waals surface area contributed by atoms with Gasteiger partial charge in [0, 0.05) is 6.04 Å². The van der Waals surface area contributed by atoms with Crippen LogP contribution in [0.5, 0.6) is 0 Å². The van der Waals surface area contributed by atoms with Crippen LogP contribution >= 0.6 is 0 Å². The highest BCUT2D eigenvalue weighted by molar-refractivity contribution is 7.90. The van der Waals surface area contributed by atoms with Crippen LogP contribution in [0.4, 0.5) is 8.78 Å². The molecule has 0 saturated heterocycles. The summed E-state index contributed by atoms with van der Waals surface area (Å²) in [6.45, 7) is 5.36. The quantitative estimate of drug-likeness (QED) is 0.837. The Balaban J connectivity index is 2.88. The molecule has 0 bridgehead atoms. The first kappa shape index (κ1) is 17.0. The Hall–Kier alpha value is -1.01. The van der Waals surface area contributed by atoms with Crippen molar-refractivity contribution in [1.29, 1.82) is 0 Å². The van der Waals surface area contributed by atoms with Gasteiger partial charge in [0.15, 0.2) is 11.6 Å². The molecule has 0 heterocycles. The zero-order valence-corrected chi connectivity index (χ0v) is 12.8. The highest BCUT2D eigenvalue weighted by atomic mass is 32.2. The van der Waals surface area contributed by atoms with Gasteiger partial charge in [0.05, 0.1) is 5.25 Å². The fourth-order valence-corrected chi connectivity index (χ4v) is 3.90. The van der Waals surface area contributed by atoms with E-state index in [-0.39, 0.29) is 0 Å². The largest absolute Gasteiger partial charge is 0.215 e. The number of halogens is 2. The van der Waals surface area contributed by atoms with Gasteiger partial charge in [-0.1, -0.05) is 26.3 Å². The summed E-state index contributed by atoms with van der Waals surface area (Å²) >= 11 is 0. The summed E-state index contributed by atoms with van der Waals surface area (Å²) in [6, 6.07) is 2.80. The fraction of sp³-hybridized carbons (Fsp3) is 0.571. The SMILES string of the molecule is CCC[C@@H](CC)S(=O)(=O)N[C@@H](C)c1ccc(F)c(F)c1. The predicted octanol–water partition coefficient (Wildman–Crippen LogP) is 3.52. The summed E-state index contributed by atoms with van der Waals surface area (Å²) in [5.41, 5.74) is 0.402. The Labute approximate surface area is 119 Å². The Morgan fingerprint density at radius 2 is 1.85 bits per heavy atom. The second-order valence-electron chi connectivity index (χ2n) is 4.88. The molecule has 3 nitrogen and oxygen atoms in total. The maximum absolute atomic E-state index is 13.2. The van der Waals surface area contributed by atoms with Crippen LogP contribution in [0.2, 0.25) is 0 Å². The van der Waals surface area contributed by atoms with Crippen LogP contribution in [-0.4, -0.2) is 13.7 Å². The zero-order valence-electron chi connectivity index (χ0n) is 12.0. The van der Waals surface area contributed by atoms with E-state index in [1.165, 1.54) is 6.07 Å². The second kappa shape index (κ2) is 7.13. The number of rotatable bonds is 7. The molecule has 2 atom stereocenters. The fourth-order valence-electron chi connectivity index (χ4n) is 2.09. The number of hydrogen-bond donors (Lipinski definition) is 1. The molecule has 1 aromatic carbocycles. The van der Waals surface area contributed by atoms with E-state index < -0.39 is 32.9 Å². The minimum atomic E-state index is -3.47. The lowest BCUT2D eigenvalue weighted by Gasteiger charge is -2.20. The van der Waals surface area contributed by atoms with Gasteiger partial charge in [0.2, 0.25) is 10.0 Å². The summed E-state index contributed by atoms with van der Waals surface area (Å²) in [5, 5.41) is -0.458. The predicted molar refractivity (Wildman–Crippen MR) is 75.8 cm³/mol. The third kappa shape index (κ3) is 4.24. The smallest absolute Gasteiger partial charge is 0.212 e. The van der Waals surface area contributed by atoms with E-state index in [4.69, 9.17) is 0 Å². The molecule has 0 spiro atoms. The van der Waals surface area contributed by atoms with Crippen LogP contribution in [-0.2, 0) is 10.0 Å². The van der Waals surface area contributed by atoms with Crippen molar-refractivity contribution in [1.82, 2.24) is 4.72 Å². The summed E-state index contributed by atoms with van der Waals surface area (Å²) in [7, 11) is -3.47. The van der Waals surface area contributed by atoms with Gasteiger partial charge in [-0.25, -0.2) is 21.9 Å². The maximum Gasteiger partial charge on any atom is 0.215 e. The Morgan fingerprint density at radius 1 is 1.20 bits per heavy atom. The van der Waals surface area contributed by atoms with Crippen molar-refractivity contribution in [2.45, 2.75) is 51.3 Å². The van der Waals surface area contributed by atoms with E-state index in [2.05, 4.69) is 4.72 Å². The van der Waals surface area contributed by atoms with E-state index >= 15 is 0 Å². The number of benzene rings is 1. The highest BCUT2D eigenvalue weighted by Crippen LogP contribution is 2.19. The van der Waals surface area contributed by atoms with Gasteiger partial charge in [0.1, 0.15) is 0 Å². The van der Waals surface area contributed by atoms with E-state index in [0.717, 1.165) is 18.6 Å². The minimum absolute atomic E-state index is 0.402.